The average molecular weight is 143 g/mol. The van der Waals surface area contributed by atoms with E-state index in [0.29, 0.717) is 6.42 Å². The van der Waals surface area contributed by atoms with E-state index >= 15 is 0 Å². The molecule has 0 aromatic heterocycles. The predicted molar refractivity (Wildman–Crippen MR) is 38.5 cm³/mol. The third-order valence-electron chi connectivity index (χ3n) is 1.44. The van der Waals surface area contributed by atoms with Crippen LogP contribution >= 0.6 is 0 Å². The molecular weight excluding hydrogens is 130 g/mol. The number of carbonyl (C=O) groups is 2. The number of rotatable bonds is 4. The van der Waals surface area contributed by atoms with Crippen LogP contribution in [-0.2, 0) is 9.59 Å². The van der Waals surface area contributed by atoms with Crippen molar-refractivity contribution in [2.75, 3.05) is 7.05 Å². The minimum Gasteiger partial charge on any atom is -0.359 e. The number of hydrogen-bond donors (Lipinski definition) is 1. The minimum atomic E-state index is -0.111. The molecule has 3 nitrogen and oxygen atoms in total. The fraction of sp³-hybridized carbons (Fsp3) is 0.714. The van der Waals surface area contributed by atoms with E-state index in [1.54, 1.807) is 7.05 Å². The third-order valence-corrected chi connectivity index (χ3v) is 1.44. The molecule has 0 saturated heterocycles. The molecule has 0 saturated carbocycles. The molecule has 0 heterocycles. The zero-order valence-electron chi connectivity index (χ0n) is 6.39. The van der Waals surface area contributed by atoms with Crippen molar-refractivity contribution in [2.24, 2.45) is 5.92 Å². The van der Waals surface area contributed by atoms with Gasteiger partial charge < -0.3 is 10.1 Å². The summed E-state index contributed by atoms with van der Waals surface area (Å²) in [4.78, 5) is 20.9. The van der Waals surface area contributed by atoms with Crippen molar-refractivity contribution >= 4 is 12.2 Å². The van der Waals surface area contributed by atoms with E-state index in [1.165, 1.54) is 0 Å². The second-order valence-corrected chi connectivity index (χ2v) is 2.18. The van der Waals surface area contributed by atoms with Gasteiger partial charge in [0, 0.05) is 19.4 Å². The van der Waals surface area contributed by atoms with Gasteiger partial charge in [-0.1, -0.05) is 6.92 Å². The summed E-state index contributed by atoms with van der Waals surface area (Å²) in [5.74, 6) is -0.182. The van der Waals surface area contributed by atoms with Gasteiger partial charge in [0.05, 0.1) is 0 Å². The molecule has 1 unspecified atom stereocenters. The van der Waals surface area contributed by atoms with Gasteiger partial charge in [-0.3, -0.25) is 4.79 Å². The van der Waals surface area contributed by atoms with E-state index in [9.17, 15) is 9.59 Å². The molecule has 0 bridgehead atoms. The lowest BCUT2D eigenvalue weighted by atomic mass is 10.0. The lowest BCUT2D eigenvalue weighted by Gasteiger charge is -2.03. The van der Waals surface area contributed by atoms with Crippen LogP contribution in [0, 0.1) is 5.92 Å². The summed E-state index contributed by atoms with van der Waals surface area (Å²) in [6.07, 6.45) is 1.88. The summed E-state index contributed by atoms with van der Waals surface area (Å²) >= 11 is 0. The standard InChI is InChI=1S/C7H13NO2/c1-3-6(5-9)4-7(10)8-2/h5-6H,3-4H2,1-2H3,(H,8,10). The Morgan fingerprint density at radius 3 is 2.60 bits per heavy atom. The highest BCUT2D eigenvalue weighted by Gasteiger charge is 2.08. The number of amides is 1. The summed E-state index contributed by atoms with van der Waals surface area (Å²) in [6, 6.07) is 0. The van der Waals surface area contributed by atoms with Gasteiger partial charge in [-0.2, -0.15) is 0 Å². The van der Waals surface area contributed by atoms with Crippen LogP contribution in [0.25, 0.3) is 0 Å². The molecule has 1 N–H and O–H groups in total. The summed E-state index contributed by atoms with van der Waals surface area (Å²) in [5, 5.41) is 2.47. The van der Waals surface area contributed by atoms with E-state index in [2.05, 4.69) is 5.32 Å². The van der Waals surface area contributed by atoms with E-state index in [0.717, 1.165) is 12.7 Å². The zero-order valence-corrected chi connectivity index (χ0v) is 6.39. The van der Waals surface area contributed by atoms with Gasteiger partial charge >= 0.3 is 0 Å². The van der Waals surface area contributed by atoms with E-state index in [1.807, 2.05) is 6.92 Å². The predicted octanol–water partition coefficient (Wildman–Crippen LogP) is 0.348. The first-order valence-corrected chi connectivity index (χ1v) is 3.40. The summed E-state index contributed by atoms with van der Waals surface area (Å²) in [7, 11) is 1.57. The molecule has 0 aliphatic heterocycles. The Morgan fingerprint density at radius 1 is 1.70 bits per heavy atom. The average Bonchev–Trinajstić information content (AvgIpc) is 1.99. The molecule has 0 spiro atoms. The number of carbonyl (C=O) groups excluding carboxylic acids is 2. The zero-order chi connectivity index (χ0) is 7.98. The van der Waals surface area contributed by atoms with Gasteiger partial charge in [-0.05, 0) is 6.42 Å². The van der Waals surface area contributed by atoms with E-state index in [4.69, 9.17) is 0 Å². The van der Waals surface area contributed by atoms with Crippen LogP contribution in [0.4, 0.5) is 0 Å². The Bertz CT molecular complexity index is 123. The third kappa shape index (κ3) is 3.22. The first-order valence-electron chi connectivity index (χ1n) is 3.40. The fourth-order valence-electron chi connectivity index (χ4n) is 0.629. The molecule has 1 atom stereocenters. The molecule has 0 rings (SSSR count). The van der Waals surface area contributed by atoms with Crippen LogP contribution < -0.4 is 5.32 Å². The SMILES string of the molecule is CCC(C=O)CC(=O)NC. The minimum absolute atomic E-state index is 0.0704. The van der Waals surface area contributed by atoms with Gasteiger partial charge in [-0.25, -0.2) is 0 Å². The van der Waals surface area contributed by atoms with Crippen molar-refractivity contribution in [2.45, 2.75) is 19.8 Å². The highest BCUT2D eigenvalue weighted by atomic mass is 16.1. The van der Waals surface area contributed by atoms with Gasteiger partial charge in [-0.15, -0.1) is 0 Å². The molecule has 10 heavy (non-hydrogen) atoms. The molecule has 58 valence electrons. The van der Waals surface area contributed by atoms with Gasteiger partial charge in [0.2, 0.25) is 5.91 Å². The fourth-order valence-corrected chi connectivity index (χ4v) is 0.629. The quantitative estimate of drug-likeness (QED) is 0.577. The van der Waals surface area contributed by atoms with Crippen molar-refractivity contribution in [3.63, 3.8) is 0 Å². The maximum Gasteiger partial charge on any atom is 0.220 e. The first kappa shape index (κ1) is 9.14. The van der Waals surface area contributed by atoms with Crippen LogP contribution in [0.15, 0.2) is 0 Å². The normalized spacial score (nSPS) is 12.2. The van der Waals surface area contributed by atoms with Crippen LogP contribution in [0.3, 0.4) is 0 Å². The highest BCUT2D eigenvalue weighted by molar-refractivity contribution is 5.78. The molecule has 0 radical (unpaired) electrons. The number of nitrogens with one attached hydrogen (secondary N) is 1. The van der Waals surface area contributed by atoms with Crippen molar-refractivity contribution in [3.8, 4) is 0 Å². The van der Waals surface area contributed by atoms with Crippen LogP contribution in [0.1, 0.15) is 19.8 Å². The monoisotopic (exact) mass is 143 g/mol. The second-order valence-electron chi connectivity index (χ2n) is 2.18. The van der Waals surface area contributed by atoms with Gasteiger partial charge in [0.25, 0.3) is 0 Å². The second kappa shape index (κ2) is 4.97. The molecule has 0 aromatic carbocycles. The van der Waals surface area contributed by atoms with Gasteiger partial charge in [0.15, 0.2) is 0 Å². The van der Waals surface area contributed by atoms with Crippen molar-refractivity contribution in [1.29, 1.82) is 0 Å². The Hall–Kier alpha value is -0.860. The maximum atomic E-state index is 10.7. The molecule has 0 aromatic rings. The largest absolute Gasteiger partial charge is 0.359 e. The van der Waals surface area contributed by atoms with Crippen molar-refractivity contribution in [3.05, 3.63) is 0 Å². The summed E-state index contributed by atoms with van der Waals surface area (Å²) in [6.45, 7) is 1.89. The van der Waals surface area contributed by atoms with Crippen LogP contribution in [-0.4, -0.2) is 19.2 Å². The summed E-state index contributed by atoms with van der Waals surface area (Å²) < 4.78 is 0. The Kier molecular flexibility index (Phi) is 4.54. The molecule has 1 amide bonds. The Morgan fingerprint density at radius 2 is 2.30 bits per heavy atom. The van der Waals surface area contributed by atoms with E-state index < -0.39 is 0 Å². The Labute approximate surface area is 60.8 Å². The molecule has 0 aliphatic rings. The van der Waals surface area contributed by atoms with E-state index in [-0.39, 0.29) is 11.8 Å². The molecule has 0 fully saturated rings. The topological polar surface area (TPSA) is 46.2 Å². The maximum absolute atomic E-state index is 10.7. The van der Waals surface area contributed by atoms with Gasteiger partial charge in [0.1, 0.15) is 6.29 Å². The number of hydrogen-bond acceptors (Lipinski definition) is 2. The number of aldehydes is 1. The van der Waals surface area contributed by atoms with Crippen molar-refractivity contribution < 1.29 is 9.59 Å². The summed E-state index contributed by atoms with van der Waals surface area (Å²) in [5.41, 5.74) is 0. The lowest BCUT2D eigenvalue weighted by Crippen LogP contribution is -2.21. The van der Waals surface area contributed by atoms with Crippen LogP contribution in [0.2, 0.25) is 0 Å². The molecule has 3 heteroatoms. The highest BCUT2D eigenvalue weighted by Crippen LogP contribution is 2.02. The Balaban J connectivity index is 3.62. The first-order chi connectivity index (χ1) is 4.74. The van der Waals surface area contributed by atoms with Crippen LogP contribution in [0.5, 0.6) is 0 Å². The lowest BCUT2D eigenvalue weighted by molar-refractivity contribution is -0.124. The molecular formula is C7H13NO2. The smallest absolute Gasteiger partial charge is 0.220 e. The van der Waals surface area contributed by atoms with Crippen molar-refractivity contribution in [1.82, 2.24) is 5.32 Å². The molecule has 0 aliphatic carbocycles.